The van der Waals surface area contributed by atoms with Crippen LogP contribution in [0.4, 0.5) is 18.9 Å². The zero-order chi connectivity index (χ0) is 17.4. The molecule has 4 nitrogen and oxygen atoms in total. The normalized spacial score (nSPS) is 19.7. The summed E-state index contributed by atoms with van der Waals surface area (Å²) in [6.45, 7) is 1.35. The van der Waals surface area contributed by atoms with Gasteiger partial charge in [-0.3, -0.25) is 9.59 Å². The number of amides is 2. The lowest BCUT2D eigenvalue weighted by Gasteiger charge is -2.30. The fraction of sp³-hybridized carbons (Fsp3) is 0.529. The molecule has 130 valence electrons. The molecule has 0 bridgehead atoms. The number of anilines is 1. The first-order chi connectivity index (χ1) is 11.3. The van der Waals surface area contributed by atoms with Crippen LogP contribution in [0.2, 0.25) is 0 Å². The maximum atomic E-state index is 12.6. The molecule has 2 aliphatic rings. The number of alkyl halides is 3. The van der Waals surface area contributed by atoms with Gasteiger partial charge in [0.05, 0.1) is 5.56 Å². The smallest absolute Gasteiger partial charge is 0.342 e. The molecule has 0 unspecified atom stereocenters. The van der Waals surface area contributed by atoms with E-state index in [4.69, 9.17) is 0 Å². The number of hydrogen-bond donors (Lipinski definition) is 1. The van der Waals surface area contributed by atoms with Gasteiger partial charge >= 0.3 is 6.18 Å². The Morgan fingerprint density at radius 3 is 2.08 bits per heavy atom. The van der Waals surface area contributed by atoms with Crippen LogP contribution in [-0.4, -0.2) is 29.8 Å². The zero-order valence-corrected chi connectivity index (χ0v) is 13.2. The van der Waals surface area contributed by atoms with E-state index in [-0.39, 0.29) is 11.6 Å². The summed E-state index contributed by atoms with van der Waals surface area (Å²) in [5, 5.41) is 2.59. The van der Waals surface area contributed by atoms with E-state index in [1.165, 1.54) is 12.1 Å². The van der Waals surface area contributed by atoms with E-state index in [9.17, 15) is 22.8 Å². The van der Waals surface area contributed by atoms with Crippen LogP contribution in [0.25, 0.3) is 0 Å². The molecule has 0 radical (unpaired) electrons. The van der Waals surface area contributed by atoms with Crippen LogP contribution < -0.4 is 5.32 Å². The highest BCUT2D eigenvalue weighted by atomic mass is 19.4. The van der Waals surface area contributed by atoms with Crippen molar-refractivity contribution >= 4 is 17.5 Å². The van der Waals surface area contributed by atoms with Crippen molar-refractivity contribution in [2.24, 2.45) is 5.41 Å². The van der Waals surface area contributed by atoms with E-state index in [0.29, 0.717) is 25.9 Å². The molecule has 1 aliphatic carbocycles. The molecule has 1 N–H and O–H groups in total. The fourth-order valence-corrected chi connectivity index (χ4v) is 3.06. The average molecular weight is 340 g/mol. The zero-order valence-electron chi connectivity index (χ0n) is 13.2. The summed E-state index contributed by atoms with van der Waals surface area (Å²) in [4.78, 5) is 26.8. The average Bonchev–Trinajstić information content (AvgIpc) is 3.36. The minimum atomic E-state index is -4.41. The molecular formula is C17H19F3N2O2. The van der Waals surface area contributed by atoms with Crippen LogP contribution in [0.3, 0.4) is 0 Å². The third-order valence-corrected chi connectivity index (χ3v) is 4.71. The highest BCUT2D eigenvalue weighted by Gasteiger charge is 2.58. The van der Waals surface area contributed by atoms with Gasteiger partial charge in [-0.15, -0.1) is 0 Å². The number of carbonyl (C=O) groups is 2. The second-order valence-corrected chi connectivity index (χ2v) is 6.46. The molecule has 7 heteroatoms. The number of piperidine rings is 1. The van der Waals surface area contributed by atoms with Gasteiger partial charge in [0.15, 0.2) is 0 Å². The predicted octanol–water partition coefficient (Wildman–Crippen LogP) is 3.44. The largest absolute Gasteiger partial charge is 0.416 e. The Balaban J connectivity index is 1.67. The van der Waals surface area contributed by atoms with Crippen LogP contribution in [0.5, 0.6) is 0 Å². The van der Waals surface area contributed by atoms with Gasteiger partial charge in [0.1, 0.15) is 5.41 Å². The number of benzene rings is 1. The number of rotatable bonds is 3. The van der Waals surface area contributed by atoms with Crippen LogP contribution in [-0.2, 0) is 15.8 Å². The van der Waals surface area contributed by atoms with Gasteiger partial charge in [-0.25, -0.2) is 0 Å². The van der Waals surface area contributed by atoms with Crippen molar-refractivity contribution in [3.8, 4) is 0 Å². The Morgan fingerprint density at radius 2 is 1.58 bits per heavy atom. The third-order valence-electron chi connectivity index (χ3n) is 4.71. The van der Waals surface area contributed by atoms with Crippen LogP contribution in [0.15, 0.2) is 24.3 Å². The number of nitrogens with zero attached hydrogens (tertiary/aromatic N) is 1. The Hall–Kier alpha value is -2.05. The Kier molecular flexibility index (Phi) is 4.27. The van der Waals surface area contributed by atoms with Crippen LogP contribution in [0.1, 0.15) is 37.7 Å². The van der Waals surface area contributed by atoms with Crippen molar-refractivity contribution in [3.05, 3.63) is 29.8 Å². The summed E-state index contributed by atoms with van der Waals surface area (Å²) in [6, 6.07) is 4.26. The maximum absolute atomic E-state index is 12.6. The van der Waals surface area contributed by atoms with E-state index in [1.807, 2.05) is 0 Å². The summed E-state index contributed by atoms with van der Waals surface area (Å²) < 4.78 is 37.7. The number of nitrogens with one attached hydrogen (secondary N) is 1. The second kappa shape index (κ2) is 6.11. The van der Waals surface area contributed by atoms with Gasteiger partial charge < -0.3 is 10.2 Å². The van der Waals surface area contributed by atoms with Crippen LogP contribution >= 0.6 is 0 Å². The fourth-order valence-electron chi connectivity index (χ4n) is 3.06. The molecule has 1 saturated heterocycles. The molecule has 0 atom stereocenters. The quantitative estimate of drug-likeness (QED) is 0.857. The monoisotopic (exact) mass is 340 g/mol. The van der Waals surface area contributed by atoms with Gasteiger partial charge in [0.25, 0.3) is 0 Å². The molecule has 1 heterocycles. The molecule has 0 aromatic heterocycles. The van der Waals surface area contributed by atoms with E-state index < -0.39 is 23.1 Å². The first-order valence-corrected chi connectivity index (χ1v) is 8.11. The van der Waals surface area contributed by atoms with Crippen molar-refractivity contribution in [1.29, 1.82) is 0 Å². The number of carbonyl (C=O) groups excluding carboxylic acids is 2. The highest BCUT2D eigenvalue weighted by Crippen LogP contribution is 2.48. The summed E-state index contributed by atoms with van der Waals surface area (Å²) in [6.07, 6.45) is -0.437. The van der Waals surface area contributed by atoms with Gasteiger partial charge in [-0.1, -0.05) is 0 Å². The number of halogens is 3. The van der Waals surface area contributed by atoms with Gasteiger partial charge in [0.2, 0.25) is 11.8 Å². The Bertz CT molecular complexity index is 630. The summed E-state index contributed by atoms with van der Waals surface area (Å²) in [7, 11) is 0. The summed E-state index contributed by atoms with van der Waals surface area (Å²) in [5.74, 6) is -0.565. The van der Waals surface area contributed by atoms with Gasteiger partial charge in [-0.2, -0.15) is 13.2 Å². The molecule has 0 spiro atoms. The number of hydrogen-bond acceptors (Lipinski definition) is 2. The minimum absolute atomic E-state index is 0.147. The SMILES string of the molecule is O=C(Nc1ccc(C(F)(F)F)cc1)C1(C(=O)N2CCCCC2)CC1. The first kappa shape index (κ1) is 16.8. The minimum Gasteiger partial charge on any atom is -0.342 e. The standard InChI is InChI=1S/C17H19F3N2O2/c18-17(19,20)12-4-6-13(7-5-12)21-14(23)16(8-9-16)15(24)22-10-2-1-3-11-22/h4-7H,1-3,8-11H2,(H,21,23). The molecule has 1 saturated carbocycles. The maximum Gasteiger partial charge on any atom is 0.416 e. The van der Waals surface area contributed by atoms with Crippen molar-refractivity contribution in [2.45, 2.75) is 38.3 Å². The topological polar surface area (TPSA) is 49.4 Å². The molecule has 3 rings (SSSR count). The van der Waals surface area contributed by atoms with E-state index in [0.717, 1.165) is 31.4 Å². The van der Waals surface area contributed by atoms with Crippen molar-refractivity contribution in [3.63, 3.8) is 0 Å². The molecule has 24 heavy (non-hydrogen) atoms. The molecule has 1 aromatic carbocycles. The van der Waals surface area contributed by atoms with E-state index >= 15 is 0 Å². The second-order valence-electron chi connectivity index (χ2n) is 6.46. The lowest BCUT2D eigenvalue weighted by molar-refractivity contribution is -0.143. The summed E-state index contributed by atoms with van der Waals surface area (Å²) in [5.41, 5.74) is -1.53. The molecular weight excluding hydrogens is 321 g/mol. The highest BCUT2D eigenvalue weighted by molar-refractivity contribution is 6.13. The van der Waals surface area contributed by atoms with Crippen molar-refractivity contribution in [2.75, 3.05) is 18.4 Å². The van der Waals surface area contributed by atoms with Gasteiger partial charge in [0, 0.05) is 18.8 Å². The van der Waals surface area contributed by atoms with Crippen LogP contribution in [0, 0.1) is 5.41 Å². The first-order valence-electron chi connectivity index (χ1n) is 8.11. The van der Waals surface area contributed by atoms with E-state index in [1.54, 1.807) is 4.90 Å². The number of likely N-dealkylation sites (tertiary alicyclic amines) is 1. The van der Waals surface area contributed by atoms with E-state index in [2.05, 4.69) is 5.32 Å². The molecule has 1 aromatic rings. The molecule has 2 fully saturated rings. The van der Waals surface area contributed by atoms with Gasteiger partial charge in [-0.05, 0) is 56.4 Å². The Morgan fingerprint density at radius 1 is 1.00 bits per heavy atom. The Labute approximate surface area is 138 Å². The summed E-state index contributed by atoms with van der Waals surface area (Å²) >= 11 is 0. The molecule has 1 aliphatic heterocycles. The molecule has 2 amide bonds. The van der Waals surface area contributed by atoms with Crippen molar-refractivity contribution in [1.82, 2.24) is 4.90 Å². The lowest BCUT2D eigenvalue weighted by atomic mass is 10.0. The predicted molar refractivity (Wildman–Crippen MR) is 82.2 cm³/mol. The third kappa shape index (κ3) is 3.25. The lowest BCUT2D eigenvalue weighted by Crippen LogP contribution is -2.45. The van der Waals surface area contributed by atoms with Crippen molar-refractivity contribution < 1.29 is 22.8 Å².